The van der Waals surface area contributed by atoms with E-state index in [-0.39, 0.29) is 9.77 Å². The van der Waals surface area contributed by atoms with Gasteiger partial charge in [0.05, 0.1) is 4.34 Å². The molecule has 1 rings (SSSR count). The van der Waals surface area contributed by atoms with E-state index < -0.39 is 10.0 Å². The summed E-state index contributed by atoms with van der Waals surface area (Å²) < 4.78 is 24.6. The van der Waals surface area contributed by atoms with Crippen molar-refractivity contribution in [3.8, 4) is 6.07 Å². The summed E-state index contributed by atoms with van der Waals surface area (Å²) in [7, 11) is -0.752. The summed E-state index contributed by atoms with van der Waals surface area (Å²) >= 11 is 6.60. The molecule has 0 bridgehead atoms. The molecule has 0 saturated heterocycles. The van der Waals surface area contributed by atoms with Gasteiger partial charge in [0.2, 0.25) is 10.0 Å². The normalized spacial score (nSPS) is 11.6. The van der Waals surface area contributed by atoms with E-state index in [1.165, 1.54) is 20.2 Å². The fourth-order valence-corrected chi connectivity index (χ4v) is 3.25. The molecule has 1 aromatic heterocycles. The van der Waals surface area contributed by atoms with Crippen molar-refractivity contribution in [2.75, 3.05) is 14.1 Å². The van der Waals surface area contributed by atoms with Crippen LogP contribution in [0.2, 0.25) is 4.34 Å². The van der Waals surface area contributed by atoms with Crippen molar-refractivity contribution in [2.24, 2.45) is 0 Å². The molecule has 1 heterocycles. The fourth-order valence-electron chi connectivity index (χ4n) is 0.812. The number of rotatable bonds is 2. The van der Waals surface area contributed by atoms with Gasteiger partial charge in [-0.3, -0.25) is 0 Å². The molecule has 0 fully saturated rings. The van der Waals surface area contributed by atoms with Crippen LogP contribution < -0.4 is 0 Å². The number of hydrogen-bond donors (Lipinski definition) is 0. The van der Waals surface area contributed by atoms with Crippen LogP contribution in [-0.2, 0) is 10.0 Å². The van der Waals surface area contributed by atoms with Gasteiger partial charge in [0.1, 0.15) is 15.8 Å². The Morgan fingerprint density at radius 1 is 1.57 bits per heavy atom. The summed E-state index contributed by atoms with van der Waals surface area (Å²) in [4.78, 5) is 0.0868. The minimum atomic E-state index is -3.56. The van der Waals surface area contributed by atoms with E-state index in [0.29, 0.717) is 4.34 Å². The van der Waals surface area contributed by atoms with Gasteiger partial charge < -0.3 is 0 Å². The minimum Gasteiger partial charge on any atom is -0.207 e. The third-order valence-corrected chi connectivity index (χ3v) is 4.67. The predicted molar refractivity (Wildman–Crippen MR) is 54.9 cm³/mol. The zero-order valence-electron chi connectivity index (χ0n) is 7.48. The summed E-state index contributed by atoms with van der Waals surface area (Å²) in [5.41, 5.74) is 0. The van der Waals surface area contributed by atoms with E-state index in [0.717, 1.165) is 15.6 Å². The van der Waals surface area contributed by atoms with E-state index >= 15 is 0 Å². The van der Waals surface area contributed by atoms with Crippen LogP contribution in [0.25, 0.3) is 0 Å². The molecule has 0 spiro atoms. The lowest BCUT2D eigenvalue weighted by Crippen LogP contribution is -2.22. The lowest BCUT2D eigenvalue weighted by atomic mass is 10.5. The third-order valence-electron chi connectivity index (χ3n) is 1.53. The molecule has 0 atom stereocenters. The first-order valence-corrected chi connectivity index (χ1v) is 6.15. The smallest absolute Gasteiger partial charge is 0.207 e. The highest BCUT2D eigenvalue weighted by Gasteiger charge is 2.23. The number of nitriles is 1. The molecular weight excluding hydrogens is 244 g/mol. The molecule has 0 N–H and O–H groups in total. The lowest BCUT2D eigenvalue weighted by Gasteiger charge is -2.09. The van der Waals surface area contributed by atoms with Crippen molar-refractivity contribution < 1.29 is 8.42 Å². The van der Waals surface area contributed by atoms with Crippen molar-refractivity contribution in [2.45, 2.75) is 4.90 Å². The van der Waals surface area contributed by atoms with Gasteiger partial charge >= 0.3 is 0 Å². The fraction of sp³-hybridized carbons (Fsp3) is 0.286. The highest BCUT2D eigenvalue weighted by molar-refractivity contribution is 7.89. The van der Waals surface area contributed by atoms with Crippen molar-refractivity contribution >= 4 is 33.0 Å². The summed E-state index contributed by atoms with van der Waals surface area (Å²) in [6, 6.07) is 3.10. The molecule has 0 aromatic carbocycles. The Hall–Kier alpha value is -0.610. The second-order valence-electron chi connectivity index (χ2n) is 2.64. The van der Waals surface area contributed by atoms with Crippen LogP contribution >= 0.6 is 22.9 Å². The first kappa shape index (κ1) is 11.5. The summed E-state index contributed by atoms with van der Waals surface area (Å²) in [6.45, 7) is 0. The Labute approximate surface area is 91.4 Å². The first-order valence-electron chi connectivity index (χ1n) is 3.51. The van der Waals surface area contributed by atoms with Crippen molar-refractivity contribution in [1.29, 1.82) is 5.26 Å². The molecular formula is C7H7ClN2O2S2. The molecule has 0 aliphatic heterocycles. The third kappa shape index (κ3) is 1.91. The number of sulfonamides is 1. The summed E-state index contributed by atoms with van der Waals surface area (Å²) in [6.07, 6.45) is 0. The average Bonchev–Trinajstić information content (AvgIpc) is 2.46. The maximum absolute atomic E-state index is 11.6. The van der Waals surface area contributed by atoms with Crippen LogP contribution in [0.15, 0.2) is 11.0 Å². The Balaban J connectivity index is 3.41. The van der Waals surface area contributed by atoms with Crippen molar-refractivity contribution in [3.05, 3.63) is 15.3 Å². The standard InChI is InChI=1S/C7H7ClN2O2S2/c1-10(2)14(11,12)6-3-7(8)13-5(6)4-9/h3H,1-2H3. The second-order valence-corrected chi connectivity index (χ2v) is 6.45. The van der Waals surface area contributed by atoms with E-state index in [1.54, 1.807) is 6.07 Å². The SMILES string of the molecule is CN(C)S(=O)(=O)c1cc(Cl)sc1C#N. The zero-order valence-corrected chi connectivity index (χ0v) is 9.87. The molecule has 0 amide bonds. The van der Waals surface area contributed by atoms with Crippen LogP contribution in [0, 0.1) is 11.3 Å². The largest absolute Gasteiger partial charge is 0.244 e. The van der Waals surface area contributed by atoms with E-state index in [4.69, 9.17) is 16.9 Å². The van der Waals surface area contributed by atoms with Gasteiger partial charge in [0.25, 0.3) is 0 Å². The van der Waals surface area contributed by atoms with Gasteiger partial charge in [0.15, 0.2) is 0 Å². The van der Waals surface area contributed by atoms with Gasteiger partial charge in [-0.05, 0) is 6.07 Å². The maximum Gasteiger partial charge on any atom is 0.244 e. The van der Waals surface area contributed by atoms with Gasteiger partial charge in [-0.15, -0.1) is 11.3 Å². The van der Waals surface area contributed by atoms with Crippen LogP contribution in [0.3, 0.4) is 0 Å². The average molecular weight is 251 g/mol. The predicted octanol–water partition coefficient (Wildman–Crippen LogP) is 1.52. The number of hydrogen-bond acceptors (Lipinski definition) is 4. The van der Waals surface area contributed by atoms with Gasteiger partial charge in [-0.1, -0.05) is 11.6 Å². The van der Waals surface area contributed by atoms with Crippen LogP contribution in [0.5, 0.6) is 0 Å². The van der Waals surface area contributed by atoms with Gasteiger partial charge in [0, 0.05) is 14.1 Å². The molecule has 0 radical (unpaired) electrons. The molecule has 0 aliphatic rings. The van der Waals surface area contributed by atoms with Crippen LogP contribution in [0.4, 0.5) is 0 Å². The van der Waals surface area contributed by atoms with E-state index in [1.807, 2.05) is 0 Å². The Bertz CT molecular complexity index is 484. The molecule has 4 nitrogen and oxygen atoms in total. The van der Waals surface area contributed by atoms with Crippen LogP contribution in [-0.4, -0.2) is 26.8 Å². The molecule has 14 heavy (non-hydrogen) atoms. The van der Waals surface area contributed by atoms with Crippen molar-refractivity contribution in [3.63, 3.8) is 0 Å². The number of halogens is 1. The monoisotopic (exact) mass is 250 g/mol. The minimum absolute atomic E-state index is 0.0278. The Morgan fingerprint density at radius 2 is 2.14 bits per heavy atom. The lowest BCUT2D eigenvalue weighted by molar-refractivity contribution is 0.521. The molecule has 7 heteroatoms. The van der Waals surface area contributed by atoms with E-state index in [9.17, 15) is 8.42 Å². The highest BCUT2D eigenvalue weighted by Crippen LogP contribution is 2.30. The molecule has 76 valence electrons. The second kappa shape index (κ2) is 3.87. The van der Waals surface area contributed by atoms with Gasteiger partial charge in [-0.2, -0.15) is 5.26 Å². The zero-order chi connectivity index (χ0) is 10.9. The maximum atomic E-state index is 11.6. The Kier molecular flexibility index (Phi) is 3.17. The summed E-state index contributed by atoms with van der Waals surface area (Å²) in [5.74, 6) is 0. The molecule has 0 unspecified atom stereocenters. The Morgan fingerprint density at radius 3 is 2.57 bits per heavy atom. The molecule has 1 aromatic rings. The number of nitrogens with zero attached hydrogens (tertiary/aromatic N) is 2. The summed E-state index contributed by atoms with van der Waals surface area (Å²) in [5, 5.41) is 8.70. The number of thiophene rings is 1. The highest BCUT2D eigenvalue weighted by atomic mass is 35.5. The van der Waals surface area contributed by atoms with Crippen LogP contribution in [0.1, 0.15) is 4.88 Å². The van der Waals surface area contributed by atoms with E-state index in [2.05, 4.69) is 0 Å². The quantitative estimate of drug-likeness (QED) is 0.800. The van der Waals surface area contributed by atoms with Gasteiger partial charge in [-0.25, -0.2) is 12.7 Å². The topological polar surface area (TPSA) is 61.2 Å². The van der Waals surface area contributed by atoms with Crippen molar-refractivity contribution in [1.82, 2.24) is 4.31 Å². The molecule has 0 saturated carbocycles. The first-order chi connectivity index (χ1) is 6.39. The molecule has 0 aliphatic carbocycles.